The average Bonchev–Trinajstić information content (AvgIpc) is 2.89. The van der Waals surface area contributed by atoms with E-state index in [0.29, 0.717) is 22.9 Å². The van der Waals surface area contributed by atoms with Gasteiger partial charge in [0.2, 0.25) is 0 Å². The summed E-state index contributed by atoms with van der Waals surface area (Å²) in [6.07, 6.45) is 0. The quantitative estimate of drug-likeness (QED) is 0.273. The summed E-state index contributed by atoms with van der Waals surface area (Å²) in [5.74, 6) is 2.13. The zero-order valence-corrected chi connectivity index (χ0v) is 18.8. The molecule has 33 heavy (non-hydrogen) atoms. The van der Waals surface area contributed by atoms with Crippen molar-refractivity contribution in [3.8, 4) is 17.2 Å². The fourth-order valence-corrected chi connectivity index (χ4v) is 3.32. The van der Waals surface area contributed by atoms with Crippen molar-refractivity contribution >= 4 is 17.1 Å². The highest BCUT2D eigenvalue weighted by Crippen LogP contribution is 2.22. The lowest BCUT2D eigenvalue weighted by Gasteiger charge is -2.26. The number of benzene rings is 3. The molecule has 0 saturated carbocycles. The van der Waals surface area contributed by atoms with E-state index in [1.54, 1.807) is 45.6 Å². The molecule has 3 aromatic carbocycles. The Morgan fingerprint density at radius 3 is 1.24 bits per heavy atom. The van der Waals surface area contributed by atoms with Gasteiger partial charge in [-0.3, -0.25) is 0 Å². The van der Waals surface area contributed by atoms with Crippen LogP contribution in [0.2, 0.25) is 0 Å². The summed E-state index contributed by atoms with van der Waals surface area (Å²) in [4.78, 5) is 1.94. The van der Waals surface area contributed by atoms with Gasteiger partial charge in [0.05, 0.1) is 34.4 Å². The number of hydrogen-bond acceptors (Lipinski definition) is 8. The number of oxime groups is 2. The van der Waals surface area contributed by atoms with Crippen LogP contribution in [0.15, 0.2) is 83.1 Å². The van der Waals surface area contributed by atoms with Crippen molar-refractivity contribution in [3.05, 3.63) is 83.9 Å². The van der Waals surface area contributed by atoms with Crippen molar-refractivity contribution in [3.63, 3.8) is 0 Å². The van der Waals surface area contributed by atoms with E-state index in [-0.39, 0.29) is 13.1 Å². The highest BCUT2D eigenvalue weighted by atomic mass is 16.5. The topological polar surface area (TPSA) is 96.1 Å². The highest BCUT2D eigenvalue weighted by molar-refractivity contribution is 6.06. The molecule has 172 valence electrons. The molecule has 0 heterocycles. The van der Waals surface area contributed by atoms with E-state index in [1.165, 1.54) is 0 Å². The van der Waals surface area contributed by atoms with Gasteiger partial charge in [-0.2, -0.15) is 0 Å². The molecule has 0 unspecified atom stereocenters. The first kappa shape index (κ1) is 23.5. The van der Waals surface area contributed by atoms with Crippen LogP contribution in [0, 0.1) is 0 Å². The molecule has 0 aromatic heterocycles. The second-order valence-electron chi connectivity index (χ2n) is 7.10. The van der Waals surface area contributed by atoms with E-state index in [1.807, 2.05) is 53.4 Å². The lowest BCUT2D eigenvalue weighted by molar-refractivity contribution is 0.318. The van der Waals surface area contributed by atoms with E-state index in [0.717, 1.165) is 22.6 Å². The second kappa shape index (κ2) is 11.4. The SMILES string of the molecule is COc1ccc(/C(CN(C/C(=N/O)c2ccc(OC)cc2)c2ccc(OC)cc2)=N\O)cc1. The molecule has 0 saturated heterocycles. The van der Waals surface area contributed by atoms with E-state index >= 15 is 0 Å². The Labute approximate surface area is 192 Å². The van der Waals surface area contributed by atoms with Crippen molar-refractivity contribution in [2.45, 2.75) is 0 Å². The van der Waals surface area contributed by atoms with E-state index < -0.39 is 0 Å². The molecule has 0 aliphatic carbocycles. The van der Waals surface area contributed by atoms with Crippen LogP contribution in [-0.2, 0) is 0 Å². The molecule has 0 radical (unpaired) electrons. The van der Waals surface area contributed by atoms with E-state index in [4.69, 9.17) is 14.2 Å². The minimum absolute atomic E-state index is 0.254. The van der Waals surface area contributed by atoms with Crippen LogP contribution in [0.3, 0.4) is 0 Å². The summed E-state index contributed by atoms with van der Waals surface area (Å²) < 4.78 is 15.7. The standard InChI is InChI=1S/C25H27N3O5/c1-31-21-10-4-18(5-11-21)24(26-29)16-28(20-8-14-23(33-3)15-9-20)17-25(27-30)19-6-12-22(32-2)13-7-19/h4-15,29-30H,16-17H2,1-3H3/b26-24-,27-25-. The highest BCUT2D eigenvalue weighted by Gasteiger charge is 2.17. The van der Waals surface area contributed by atoms with E-state index in [2.05, 4.69) is 10.3 Å². The molecule has 0 bridgehead atoms. The Kier molecular flexibility index (Phi) is 8.13. The van der Waals surface area contributed by atoms with Gasteiger partial charge in [-0.15, -0.1) is 0 Å². The largest absolute Gasteiger partial charge is 0.497 e. The fourth-order valence-electron chi connectivity index (χ4n) is 3.32. The molecule has 0 amide bonds. The summed E-state index contributed by atoms with van der Waals surface area (Å²) in [6.45, 7) is 0.509. The summed E-state index contributed by atoms with van der Waals surface area (Å²) in [6, 6.07) is 22.0. The second-order valence-corrected chi connectivity index (χ2v) is 7.10. The molecule has 8 nitrogen and oxygen atoms in total. The number of rotatable bonds is 10. The maximum Gasteiger partial charge on any atom is 0.119 e. The number of hydrogen-bond donors (Lipinski definition) is 2. The lowest BCUT2D eigenvalue weighted by Crippen LogP contribution is -2.35. The first-order chi connectivity index (χ1) is 16.1. The zero-order valence-electron chi connectivity index (χ0n) is 18.8. The molecule has 0 atom stereocenters. The molecule has 0 aliphatic rings. The Morgan fingerprint density at radius 1 is 0.606 bits per heavy atom. The minimum Gasteiger partial charge on any atom is -0.497 e. The average molecular weight is 450 g/mol. The maximum atomic E-state index is 9.77. The zero-order chi connectivity index (χ0) is 23.6. The molecule has 0 spiro atoms. The fraction of sp³-hybridized carbons (Fsp3) is 0.200. The van der Waals surface area contributed by atoms with Gasteiger partial charge in [0.25, 0.3) is 0 Å². The molecule has 3 rings (SSSR count). The van der Waals surface area contributed by atoms with Crippen molar-refractivity contribution in [1.29, 1.82) is 0 Å². The van der Waals surface area contributed by atoms with Crippen molar-refractivity contribution in [2.75, 3.05) is 39.3 Å². The number of nitrogens with zero attached hydrogens (tertiary/aromatic N) is 3. The third-order valence-corrected chi connectivity index (χ3v) is 5.21. The van der Waals surface area contributed by atoms with Crippen LogP contribution >= 0.6 is 0 Å². The van der Waals surface area contributed by atoms with Gasteiger partial charge in [0, 0.05) is 16.8 Å². The minimum atomic E-state index is 0.254. The summed E-state index contributed by atoms with van der Waals surface area (Å²) in [5.41, 5.74) is 3.20. The summed E-state index contributed by atoms with van der Waals surface area (Å²) in [7, 11) is 4.79. The summed E-state index contributed by atoms with van der Waals surface area (Å²) in [5, 5.41) is 26.6. The predicted molar refractivity (Wildman–Crippen MR) is 128 cm³/mol. The van der Waals surface area contributed by atoms with Gasteiger partial charge >= 0.3 is 0 Å². The first-order valence-electron chi connectivity index (χ1n) is 10.2. The van der Waals surface area contributed by atoms with Crippen LogP contribution in [0.4, 0.5) is 5.69 Å². The van der Waals surface area contributed by atoms with Crippen molar-refractivity contribution < 1.29 is 24.6 Å². The number of ether oxygens (including phenoxy) is 3. The van der Waals surface area contributed by atoms with Gasteiger partial charge < -0.3 is 29.5 Å². The Morgan fingerprint density at radius 2 is 0.939 bits per heavy atom. The molecule has 0 fully saturated rings. The molecule has 3 aromatic rings. The molecule has 8 heteroatoms. The van der Waals surface area contributed by atoms with Crippen LogP contribution < -0.4 is 19.1 Å². The van der Waals surface area contributed by atoms with Gasteiger partial charge in [0.1, 0.15) is 28.7 Å². The van der Waals surface area contributed by atoms with Crippen LogP contribution in [0.25, 0.3) is 0 Å². The Balaban J connectivity index is 1.91. The van der Waals surface area contributed by atoms with Gasteiger partial charge in [-0.25, -0.2) is 0 Å². The molecule has 0 aliphatic heterocycles. The van der Waals surface area contributed by atoms with Crippen LogP contribution in [-0.4, -0.2) is 56.3 Å². The third-order valence-electron chi connectivity index (χ3n) is 5.21. The van der Waals surface area contributed by atoms with Crippen molar-refractivity contribution in [1.82, 2.24) is 0 Å². The monoisotopic (exact) mass is 449 g/mol. The van der Waals surface area contributed by atoms with Gasteiger partial charge in [0.15, 0.2) is 0 Å². The first-order valence-corrected chi connectivity index (χ1v) is 10.2. The van der Waals surface area contributed by atoms with Crippen LogP contribution in [0.1, 0.15) is 11.1 Å². The van der Waals surface area contributed by atoms with Gasteiger partial charge in [-0.05, 0) is 72.8 Å². The molecular formula is C25H27N3O5. The Hall–Kier alpha value is -4.20. The maximum absolute atomic E-state index is 9.77. The summed E-state index contributed by atoms with van der Waals surface area (Å²) >= 11 is 0. The van der Waals surface area contributed by atoms with Crippen molar-refractivity contribution in [2.24, 2.45) is 10.3 Å². The number of anilines is 1. The van der Waals surface area contributed by atoms with Crippen LogP contribution in [0.5, 0.6) is 17.2 Å². The molecule has 2 N–H and O–H groups in total. The van der Waals surface area contributed by atoms with E-state index in [9.17, 15) is 10.4 Å². The predicted octanol–water partition coefficient (Wildman–Crippen LogP) is 4.28. The van der Waals surface area contributed by atoms with Gasteiger partial charge in [-0.1, -0.05) is 10.3 Å². The number of methoxy groups -OCH3 is 3. The Bertz CT molecular complexity index is 1010. The third kappa shape index (κ3) is 5.94. The lowest BCUT2D eigenvalue weighted by atomic mass is 10.1. The smallest absolute Gasteiger partial charge is 0.119 e. The molecular weight excluding hydrogens is 422 g/mol. The normalized spacial score (nSPS) is 11.7.